The summed E-state index contributed by atoms with van der Waals surface area (Å²) >= 11 is 0. The van der Waals surface area contributed by atoms with E-state index in [1.54, 1.807) is 28.9 Å². The number of rotatable bonds is 2. The molecular weight excluding hydrogens is 296 g/mol. The van der Waals surface area contributed by atoms with Gasteiger partial charge in [-0.3, -0.25) is 4.79 Å². The average molecular weight is 310 g/mol. The molecule has 1 aromatic heterocycles. The van der Waals surface area contributed by atoms with E-state index in [0.29, 0.717) is 17.9 Å². The van der Waals surface area contributed by atoms with Crippen molar-refractivity contribution >= 4 is 17.7 Å². The fourth-order valence-electron chi connectivity index (χ4n) is 3.21. The number of hydrogen-bond donors (Lipinski definition) is 2. The molecule has 0 spiro atoms. The van der Waals surface area contributed by atoms with E-state index in [9.17, 15) is 9.59 Å². The minimum absolute atomic E-state index is 0.104. The second kappa shape index (κ2) is 5.05. The molecule has 2 aliphatic rings. The van der Waals surface area contributed by atoms with Crippen LogP contribution >= 0.6 is 0 Å². The molecule has 2 N–H and O–H groups in total. The Morgan fingerprint density at radius 2 is 2.04 bits per heavy atom. The molecule has 0 amide bonds. The van der Waals surface area contributed by atoms with Crippen molar-refractivity contribution < 1.29 is 14.7 Å². The molecule has 0 radical (unpaired) electrons. The highest BCUT2D eigenvalue weighted by Gasteiger charge is 2.35. The maximum absolute atomic E-state index is 12.5. The Kier molecular flexibility index (Phi) is 3.00. The lowest BCUT2D eigenvalue weighted by Crippen LogP contribution is -2.31. The SMILES string of the molecule is O=C1CCCC2=C1C(c1ccc(C(=O)O)cc1)n1ncnc1N2. The quantitative estimate of drug-likeness (QED) is 0.880. The van der Waals surface area contributed by atoms with E-state index in [1.807, 2.05) is 0 Å². The third-order valence-corrected chi connectivity index (χ3v) is 4.28. The monoisotopic (exact) mass is 310 g/mol. The van der Waals surface area contributed by atoms with Crippen LogP contribution in [-0.2, 0) is 4.79 Å². The van der Waals surface area contributed by atoms with Gasteiger partial charge in [0.05, 0.1) is 5.56 Å². The molecule has 116 valence electrons. The van der Waals surface area contributed by atoms with E-state index in [-0.39, 0.29) is 17.4 Å². The van der Waals surface area contributed by atoms with Crippen molar-refractivity contribution in [1.82, 2.24) is 14.8 Å². The van der Waals surface area contributed by atoms with Crippen LogP contribution < -0.4 is 5.32 Å². The molecule has 2 aromatic rings. The van der Waals surface area contributed by atoms with Gasteiger partial charge in [-0.1, -0.05) is 12.1 Å². The number of carbonyl (C=O) groups excluding carboxylic acids is 1. The van der Waals surface area contributed by atoms with Gasteiger partial charge in [0.25, 0.3) is 0 Å². The van der Waals surface area contributed by atoms with Crippen LogP contribution in [0, 0.1) is 0 Å². The summed E-state index contributed by atoms with van der Waals surface area (Å²) < 4.78 is 1.68. The number of fused-ring (bicyclic) bond motifs is 1. The number of nitrogens with zero attached hydrogens (tertiary/aromatic N) is 3. The molecule has 1 aliphatic heterocycles. The molecule has 1 aliphatic carbocycles. The maximum atomic E-state index is 12.5. The maximum Gasteiger partial charge on any atom is 0.335 e. The number of Topliss-reactive ketones (excluding diaryl/α,β-unsaturated/α-hetero) is 1. The third kappa shape index (κ3) is 2.12. The van der Waals surface area contributed by atoms with Gasteiger partial charge in [0.15, 0.2) is 5.78 Å². The first-order valence-corrected chi connectivity index (χ1v) is 7.41. The van der Waals surface area contributed by atoms with Crippen LogP contribution in [0.4, 0.5) is 5.95 Å². The van der Waals surface area contributed by atoms with Gasteiger partial charge in [0, 0.05) is 17.7 Å². The molecule has 0 saturated heterocycles. The summed E-state index contributed by atoms with van der Waals surface area (Å²) in [5.41, 5.74) is 2.64. The van der Waals surface area contributed by atoms with Gasteiger partial charge in [0.2, 0.25) is 5.95 Å². The number of nitrogens with one attached hydrogen (secondary N) is 1. The van der Waals surface area contributed by atoms with E-state index >= 15 is 0 Å². The van der Waals surface area contributed by atoms with Crippen molar-refractivity contribution in [2.75, 3.05) is 5.32 Å². The van der Waals surface area contributed by atoms with Crippen LogP contribution in [0.3, 0.4) is 0 Å². The Hall–Kier alpha value is -2.96. The predicted octanol–water partition coefficient (Wildman–Crippen LogP) is 2.00. The van der Waals surface area contributed by atoms with E-state index in [0.717, 1.165) is 24.1 Å². The van der Waals surface area contributed by atoms with E-state index in [4.69, 9.17) is 5.11 Å². The molecule has 0 saturated carbocycles. The van der Waals surface area contributed by atoms with Gasteiger partial charge in [0.1, 0.15) is 12.4 Å². The van der Waals surface area contributed by atoms with Gasteiger partial charge in [-0.15, -0.1) is 0 Å². The normalized spacial score (nSPS) is 19.8. The molecule has 23 heavy (non-hydrogen) atoms. The predicted molar refractivity (Wildman–Crippen MR) is 81.1 cm³/mol. The molecule has 2 heterocycles. The first kappa shape index (κ1) is 13.7. The van der Waals surface area contributed by atoms with Crippen molar-refractivity contribution in [3.8, 4) is 0 Å². The van der Waals surface area contributed by atoms with E-state index in [2.05, 4.69) is 15.4 Å². The molecule has 1 atom stereocenters. The Balaban J connectivity index is 1.85. The summed E-state index contributed by atoms with van der Waals surface area (Å²) in [4.78, 5) is 27.7. The molecule has 4 rings (SSSR count). The first-order valence-electron chi connectivity index (χ1n) is 7.41. The molecule has 1 aromatic carbocycles. The number of carboxylic acid groups (broad SMARTS) is 1. The number of hydrogen-bond acceptors (Lipinski definition) is 5. The van der Waals surface area contributed by atoms with Crippen LogP contribution in [0.1, 0.15) is 41.2 Å². The zero-order valence-corrected chi connectivity index (χ0v) is 12.2. The van der Waals surface area contributed by atoms with Crippen molar-refractivity contribution in [3.05, 3.63) is 53.0 Å². The van der Waals surface area contributed by atoms with Crippen molar-refractivity contribution in [2.24, 2.45) is 0 Å². The number of carbonyl (C=O) groups is 2. The zero-order valence-electron chi connectivity index (χ0n) is 12.2. The van der Waals surface area contributed by atoms with Crippen LogP contribution in [-0.4, -0.2) is 31.6 Å². The largest absolute Gasteiger partial charge is 0.478 e. The molecule has 0 fully saturated rings. The lowest BCUT2D eigenvalue weighted by atomic mass is 9.85. The van der Waals surface area contributed by atoms with Crippen LogP contribution in [0.2, 0.25) is 0 Å². The van der Waals surface area contributed by atoms with Gasteiger partial charge >= 0.3 is 5.97 Å². The van der Waals surface area contributed by atoms with Crippen molar-refractivity contribution in [1.29, 1.82) is 0 Å². The standard InChI is InChI=1S/C16H14N4O3/c21-12-3-1-2-11-13(12)14(20-16(19-11)17-8-18-20)9-4-6-10(7-5-9)15(22)23/h4-8,14H,1-3H2,(H,22,23)(H,17,18,19). The van der Waals surface area contributed by atoms with Crippen molar-refractivity contribution in [3.63, 3.8) is 0 Å². The van der Waals surface area contributed by atoms with Crippen LogP contribution in [0.25, 0.3) is 0 Å². The van der Waals surface area contributed by atoms with Gasteiger partial charge in [-0.05, 0) is 30.5 Å². The summed E-state index contributed by atoms with van der Waals surface area (Å²) in [6.45, 7) is 0. The average Bonchev–Trinajstić information content (AvgIpc) is 3.01. The number of ketones is 1. The zero-order chi connectivity index (χ0) is 16.0. The summed E-state index contributed by atoms with van der Waals surface area (Å²) in [6.07, 6.45) is 3.60. The first-order chi connectivity index (χ1) is 11.1. The number of allylic oxidation sites excluding steroid dienone is 2. The fourth-order valence-corrected chi connectivity index (χ4v) is 3.21. The Morgan fingerprint density at radius 3 is 2.78 bits per heavy atom. The van der Waals surface area contributed by atoms with E-state index < -0.39 is 5.97 Å². The number of benzene rings is 1. The second-order valence-corrected chi connectivity index (χ2v) is 5.65. The van der Waals surface area contributed by atoms with Crippen LogP contribution in [0.5, 0.6) is 0 Å². The number of anilines is 1. The third-order valence-electron chi connectivity index (χ3n) is 4.28. The highest BCUT2D eigenvalue weighted by Crippen LogP contribution is 2.39. The van der Waals surface area contributed by atoms with Gasteiger partial charge < -0.3 is 10.4 Å². The highest BCUT2D eigenvalue weighted by atomic mass is 16.4. The summed E-state index contributed by atoms with van der Waals surface area (Å²) in [5, 5.41) is 16.5. The van der Waals surface area contributed by atoms with Crippen molar-refractivity contribution in [2.45, 2.75) is 25.3 Å². The molecular formula is C16H14N4O3. The number of aromatic carboxylic acids is 1. The Bertz CT molecular complexity index is 835. The summed E-state index contributed by atoms with van der Waals surface area (Å²) in [6, 6.07) is 6.20. The van der Waals surface area contributed by atoms with Gasteiger partial charge in [-0.25, -0.2) is 9.48 Å². The van der Waals surface area contributed by atoms with Gasteiger partial charge in [-0.2, -0.15) is 10.1 Å². The summed E-state index contributed by atoms with van der Waals surface area (Å²) in [7, 11) is 0. The van der Waals surface area contributed by atoms with Crippen LogP contribution in [0.15, 0.2) is 41.9 Å². The number of carboxylic acids is 1. The van der Waals surface area contributed by atoms with E-state index in [1.165, 1.54) is 6.33 Å². The smallest absolute Gasteiger partial charge is 0.335 e. The molecule has 1 unspecified atom stereocenters. The molecule has 7 heteroatoms. The lowest BCUT2D eigenvalue weighted by molar-refractivity contribution is -0.116. The Morgan fingerprint density at radius 1 is 1.26 bits per heavy atom. The lowest BCUT2D eigenvalue weighted by Gasteiger charge is -2.32. The summed E-state index contributed by atoms with van der Waals surface area (Å²) in [5.74, 6) is -0.269. The minimum atomic E-state index is -0.975. The second-order valence-electron chi connectivity index (χ2n) is 5.65. The number of aromatic nitrogens is 3. The fraction of sp³-hybridized carbons (Fsp3) is 0.250. The topological polar surface area (TPSA) is 97.1 Å². The minimum Gasteiger partial charge on any atom is -0.478 e. The molecule has 0 bridgehead atoms. The molecule has 7 nitrogen and oxygen atoms in total. The Labute approximate surface area is 131 Å². The highest BCUT2D eigenvalue weighted by molar-refractivity contribution is 5.99.